The number of halogens is 1. The maximum absolute atomic E-state index is 13.4. The number of hydrogen-bond donors (Lipinski definition) is 5. The van der Waals surface area contributed by atoms with Crippen molar-refractivity contribution in [3.05, 3.63) is 142 Å². The van der Waals surface area contributed by atoms with Crippen molar-refractivity contribution in [2.24, 2.45) is 0 Å². The van der Waals surface area contributed by atoms with Gasteiger partial charge in [-0.05, 0) is 203 Å². The summed E-state index contributed by atoms with van der Waals surface area (Å²) in [6, 6.07) is 19.6. The smallest absolute Gasteiger partial charge is 0.870 e. The van der Waals surface area contributed by atoms with Crippen molar-refractivity contribution in [2.45, 2.75) is 159 Å². The number of carboxylic acids is 1. The Morgan fingerprint density at radius 2 is 0.735 bits per heavy atom. The molecular formula is C91H123BrN17NaO19S7. The number of nitrogens with two attached hydrogens (primary N) is 1. The molecule has 0 unspecified atom stereocenters. The molecule has 7 N–H and O–H groups in total. The van der Waals surface area contributed by atoms with Gasteiger partial charge in [-0.15, -0.1) is 79.4 Å². The average Bonchev–Trinajstić information content (AvgIpc) is 1.69. The summed E-state index contributed by atoms with van der Waals surface area (Å²) < 4.78 is 37.2. The second kappa shape index (κ2) is 53.0. The van der Waals surface area contributed by atoms with Crippen LogP contribution in [0.4, 0.5) is 55.9 Å². The number of thiophene rings is 2. The van der Waals surface area contributed by atoms with Crippen LogP contribution in [-0.2, 0) is 46.0 Å². The third-order valence-corrected chi connectivity index (χ3v) is 26.0. The first kappa shape index (κ1) is 113. The fraction of sp³-hybridized carbons (Fsp3) is 0.505. The van der Waals surface area contributed by atoms with E-state index in [1.54, 1.807) is 99.1 Å². The molecule has 0 bridgehead atoms. The maximum Gasteiger partial charge on any atom is 1.00 e. The van der Waals surface area contributed by atoms with Gasteiger partial charge >= 0.3 is 77.9 Å². The summed E-state index contributed by atoms with van der Waals surface area (Å²) in [6.45, 7) is 45.9. The van der Waals surface area contributed by atoms with Crippen LogP contribution in [0.5, 0.6) is 0 Å². The van der Waals surface area contributed by atoms with Crippen LogP contribution in [0.15, 0.2) is 102 Å². The number of Topliss-reactive ketones (excluding diaryl/α,β-unsaturated/α-hetero) is 2. The molecule has 5 amide bonds. The summed E-state index contributed by atoms with van der Waals surface area (Å²) >= 11 is 13.5. The molecule has 36 nitrogen and oxygen atoms in total. The number of anilines is 6. The molecular weight excluding hydrogens is 1960 g/mol. The first-order chi connectivity index (χ1) is 63.3. The van der Waals surface area contributed by atoms with Gasteiger partial charge in [0.1, 0.15) is 39.4 Å². The second-order valence-electron chi connectivity index (χ2n) is 35.7. The number of benzene rings is 2. The zero-order chi connectivity index (χ0) is 97.8. The van der Waals surface area contributed by atoms with Crippen LogP contribution in [0.2, 0.25) is 0 Å². The van der Waals surface area contributed by atoms with E-state index in [1.807, 2.05) is 153 Å². The molecule has 5 aliphatic rings. The Morgan fingerprint density at radius 1 is 0.412 bits per heavy atom. The zero-order valence-electron chi connectivity index (χ0n) is 80.2. The fourth-order valence-corrected chi connectivity index (χ4v) is 18.7. The summed E-state index contributed by atoms with van der Waals surface area (Å²) in [5, 5.41) is 33.9. The van der Waals surface area contributed by atoms with Crippen molar-refractivity contribution in [1.29, 1.82) is 0 Å². The summed E-state index contributed by atoms with van der Waals surface area (Å²) in [5.74, 6) is -1.93. The number of ether oxygens (including phenoxy) is 7. The van der Waals surface area contributed by atoms with Crippen molar-refractivity contribution in [1.82, 2.24) is 55.2 Å². The Bertz CT molecular complexity index is 5350. The summed E-state index contributed by atoms with van der Waals surface area (Å²) in [6.07, 6.45) is -1.35. The molecule has 0 saturated carbocycles. The molecule has 12 heterocycles. The molecule has 0 atom stereocenters. The number of amides is 5. The van der Waals surface area contributed by atoms with Crippen molar-refractivity contribution < 1.29 is 121 Å². The van der Waals surface area contributed by atoms with E-state index >= 15 is 0 Å². The normalized spacial score (nSPS) is 14.6. The Labute approximate surface area is 852 Å². The molecule has 736 valence electrons. The number of piperazine rings is 5. The van der Waals surface area contributed by atoms with Gasteiger partial charge in [-0.2, -0.15) is 0 Å². The number of carbonyl (C=O) groups excluding carboxylic acids is 9. The van der Waals surface area contributed by atoms with E-state index in [2.05, 4.69) is 77.6 Å². The van der Waals surface area contributed by atoms with E-state index in [0.29, 0.717) is 141 Å². The number of nitrogens with one attached hydrogen (secondary N) is 3. The molecule has 5 aliphatic heterocycles. The molecule has 14 rings (SSSR count). The quantitative estimate of drug-likeness (QED) is 0.0175. The van der Waals surface area contributed by atoms with Gasteiger partial charge in [0.25, 0.3) is 0 Å². The number of carbonyl (C=O) groups is 10. The number of aromatic nitrogens is 5. The Balaban J connectivity index is 0.000000232. The Morgan fingerprint density at radius 3 is 1.09 bits per heavy atom. The van der Waals surface area contributed by atoms with E-state index in [0.717, 1.165) is 89.3 Å². The van der Waals surface area contributed by atoms with Gasteiger partial charge in [0.2, 0.25) is 0 Å². The van der Waals surface area contributed by atoms with E-state index in [1.165, 1.54) is 66.9 Å². The Kier molecular flexibility index (Phi) is 44.2. The zero-order valence-corrected chi connectivity index (χ0v) is 89.5. The topological polar surface area (TPSA) is 438 Å². The predicted molar refractivity (Wildman–Crippen MR) is 535 cm³/mol. The SMILES string of the molecule is CC(C)(C)OC(=O)N1CCN(c2nc(C(=O)O)cs2)CC1.CC(C)(C)OC(=O)N1CCNCC1.CC(C)(C)OC(=O)Nc1ccc(-c2cccs2)cc1CC(=O)c1csc(N2CCN(C(=O)OC(C)(C)C)CC2)n1.CCOC(=O)c1csc(Br)n1.CCOC(=O)c1csc(N2CCN(C(=O)OC(C)(C)C)CC2)n1.Nc1ccc(-c2cccs2)cc1CC(=O)c1csc(N2CCNCC2)n1.[Na+].[OH-]. The Hall–Kier alpha value is -9.55. The fourth-order valence-electron chi connectivity index (χ4n) is 12.8. The number of ketones is 2. The minimum absolute atomic E-state index is 0. The molecule has 5 saturated heterocycles. The standard InChI is InChI=1S/C29H36N4O5S2.C19H20N4OS2.C15H23N3O4S.C13H19N3O4S.C9H18N2O2.C6H6BrNO2S.Na.H2O/c1-28(2,3)37-26(35)31-21-10-9-19(24-8-7-15-39-24)16-20(21)17-23(34)22-18-40-25(30-22)32-11-13-33(14-12-32)27(36)38-29(4,5)6;20-15-4-3-13(18-2-1-9-25-18)10-14(15)11-17(24)16-12-26-19(22-16)23-7-5-21-6-8-23;1-5-21-12(19)11-10-23-13(16-11)17-6-8-18(9-7-17)14(20)22-15(2,3)4;1-13(2,3)20-12(19)16-6-4-15(5-7-16)11-14-9(8-21-11)10(17)18;1-9(2,3)13-8(12)11-6-4-10-5-7-11;1-2-10-5(9)4-3-11-6(7)8-4;;/h7-10,15-16,18H,11-14,17H2,1-6H3,(H,31,35);1-4,9-10,12,21H,5-8,11,20H2;10H,5-9H2,1-4H3;8H,4-7H2,1-3H3,(H,17,18);10H,4-7H2,1-3H3;3H,2H2,1H3;;1H2/q;;;;;;+1;/p-1. The third kappa shape index (κ3) is 37.6. The molecule has 0 spiro atoms. The minimum atomic E-state index is -1.02. The average molecular weight is 2090 g/mol. The van der Waals surface area contributed by atoms with Crippen LogP contribution in [0.25, 0.3) is 20.9 Å². The van der Waals surface area contributed by atoms with E-state index < -0.39 is 40.4 Å². The number of nitrogens with zero attached hydrogens (tertiary/aromatic N) is 13. The van der Waals surface area contributed by atoms with Gasteiger partial charge in [0.05, 0.1) is 13.2 Å². The van der Waals surface area contributed by atoms with E-state index in [-0.39, 0.29) is 101 Å². The summed E-state index contributed by atoms with van der Waals surface area (Å²) in [5.41, 5.74) is 9.99. The number of thiazole rings is 5. The molecule has 9 aromatic rings. The molecule has 5 fully saturated rings. The maximum atomic E-state index is 13.4. The number of aromatic carboxylic acids is 1. The van der Waals surface area contributed by atoms with Crippen LogP contribution >= 0.6 is 95.3 Å². The van der Waals surface area contributed by atoms with Crippen molar-refractivity contribution >= 4 is 187 Å². The largest absolute Gasteiger partial charge is 1.00 e. The third-order valence-electron chi connectivity index (χ3n) is 19.2. The van der Waals surface area contributed by atoms with Crippen LogP contribution in [0.3, 0.4) is 0 Å². The molecule has 7 aromatic heterocycles. The minimum Gasteiger partial charge on any atom is -0.870 e. The summed E-state index contributed by atoms with van der Waals surface area (Å²) in [7, 11) is 0. The van der Waals surface area contributed by atoms with Gasteiger partial charge in [-0.1, -0.05) is 24.3 Å². The van der Waals surface area contributed by atoms with Crippen LogP contribution in [-0.4, -0.2) is 287 Å². The second-order valence-corrected chi connectivity index (χ2v) is 43.1. The molecule has 0 aliphatic carbocycles. The van der Waals surface area contributed by atoms with Crippen LogP contribution in [0, 0.1) is 0 Å². The first-order valence-electron chi connectivity index (χ1n) is 43.8. The molecule has 0 radical (unpaired) electrons. The van der Waals surface area contributed by atoms with Crippen molar-refractivity contribution in [3.63, 3.8) is 0 Å². The number of carboxylic acid groups (broad SMARTS) is 1. The number of rotatable bonds is 18. The van der Waals surface area contributed by atoms with E-state index in [9.17, 15) is 47.9 Å². The van der Waals surface area contributed by atoms with Gasteiger partial charge in [0, 0.05) is 192 Å². The predicted octanol–water partition coefficient (Wildman–Crippen LogP) is 14.0. The van der Waals surface area contributed by atoms with Gasteiger partial charge in [0.15, 0.2) is 53.1 Å². The van der Waals surface area contributed by atoms with Crippen LogP contribution < -0.4 is 70.8 Å². The monoisotopic (exact) mass is 2080 g/mol. The van der Waals surface area contributed by atoms with Crippen LogP contribution in [0.1, 0.15) is 181 Å². The van der Waals surface area contributed by atoms with Crippen molar-refractivity contribution in [3.8, 4) is 20.9 Å². The van der Waals surface area contributed by atoms with Gasteiger partial charge < -0.3 is 99.3 Å². The number of esters is 2. The molecule has 2 aromatic carbocycles. The number of nitrogen functional groups attached to an aromatic ring is 1. The number of hydrogen-bond acceptors (Lipinski definition) is 37. The summed E-state index contributed by atoms with van der Waals surface area (Å²) in [4.78, 5) is 159. The van der Waals surface area contributed by atoms with Gasteiger partial charge in [-0.3, -0.25) is 14.9 Å². The van der Waals surface area contributed by atoms with E-state index in [4.69, 9.17) is 44.0 Å². The molecule has 45 heteroatoms. The first-order valence-corrected chi connectivity index (χ1v) is 50.7. The molecule has 136 heavy (non-hydrogen) atoms. The van der Waals surface area contributed by atoms with Crippen molar-refractivity contribution in [2.75, 3.05) is 175 Å². The van der Waals surface area contributed by atoms with Gasteiger partial charge in [-0.25, -0.2) is 63.3 Å².